The van der Waals surface area contributed by atoms with Crippen molar-refractivity contribution in [2.75, 3.05) is 27.2 Å². The second-order valence-corrected chi connectivity index (χ2v) is 10.9. The second-order valence-electron chi connectivity index (χ2n) is 10.9. The topological polar surface area (TPSA) is 117 Å². The fourth-order valence-electron chi connectivity index (χ4n) is 5.80. The van der Waals surface area contributed by atoms with Gasteiger partial charge in [0.05, 0.1) is 31.5 Å². The predicted molar refractivity (Wildman–Crippen MR) is 155 cm³/mol. The van der Waals surface area contributed by atoms with Gasteiger partial charge in [-0.1, -0.05) is 29.5 Å². The van der Waals surface area contributed by atoms with Crippen LogP contribution >= 0.6 is 0 Å². The number of nitrogens with zero attached hydrogens (tertiary/aromatic N) is 5. The molecule has 1 saturated carbocycles. The van der Waals surface area contributed by atoms with Gasteiger partial charge in [-0.05, 0) is 48.6 Å². The molecule has 2 amide bonds. The molecular formula is C31H33FN6O4. The molecule has 1 aliphatic heterocycles. The molecule has 2 N–H and O–H groups in total. The Balaban J connectivity index is 1.37. The van der Waals surface area contributed by atoms with Gasteiger partial charge in [-0.2, -0.15) is 0 Å². The Bertz CT molecular complexity index is 1660. The minimum Gasteiger partial charge on any atom is -0.496 e. The van der Waals surface area contributed by atoms with Crippen molar-refractivity contribution in [1.82, 2.24) is 29.8 Å². The summed E-state index contributed by atoms with van der Waals surface area (Å²) in [6, 6.07) is 10.9. The largest absolute Gasteiger partial charge is 0.496 e. The first-order valence-corrected chi connectivity index (χ1v) is 14.1. The number of fused-ring (bicyclic) bond motifs is 1. The molecule has 10 nitrogen and oxygen atoms in total. The Kier molecular flexibility index (Phi) is 7.51. The third-order valence-corrected chi connectivity index (χ3v) is 8.31. The van der Waals surface area contributed by atoms with Gasteiger partial charge >= 0.3 is 0 Å². The average molecular weight is 573 g/mol. The van der Waals surface area contributed by atoms with Crippen molar-refractivity contribution in [3.8, 4) is 16.9 Å². The number of nitrogens with one attached hydrogen (secondary N) is 1. The summed E-state index contributed by atoms with van der Waals surface area (Å²) in [7, 11) is 3.29. The number of hydrogen-bond donors (Lipinski definition) is 2. The number of aromatic amines is 1. The van der Waals surface area contributed by atoms with Crippen molar-refractivity contribution in [2.24, 2.45) is 0 Å². The normalized spacial score (nSPS) is 18.5. The fraction of sp³-hybridized carbons (Fsp3) is 0.355. The van der Waals surface area contributed by atoms with Crippen LogP contribution in [-0.4, -0.2) is 86.1 Å². The molecule has 2 aliphatic rings. The number of hydrogen-bond acceptors (Lipinski definition) is 6. The zero-order chi connectivity index (χ0) is 29.4. The number of carbonyl (C=O) groups is 2. The molecule has 0 saturated heterocycles. The van der Waals surface area contributed by atoms with E-state index in [1.165, 1.54) is 0 Å². The van der Waals surface area contributed by atoms with Crippen LogP contribution in [-0.2, 0) is 11.3 Å². The average Bonchev–Trinajstić information content (AvgIpc) is 3.69. The number of aliphatic hydroxyl groups excluding tert-OH is 1. The number of ether oxygens (including phenoxy) is 1. The number of H-pyrrole nitrogens is 1. The van der Waals surface area contributed by atoms with E-state index >= 15 is 4.39 Å². The van der Waals surface area contributed by atoms with E-state index in [4.69, 9.17) is 4.74 Å². The van der Waals surface area contributed by atoms with Crippen LogP contribution in [0.1, 0.15) is 41.7 Å². The summed E-state index contributed by atoms with van der Waals surface area (Å²) in [5.74, 6) is -0.170. The minimum atomic E-state index is -0.479. The van der Waals surface area contributed by atoms with Gasteiger partial charge in [0.15, 0.2) is 5.82 Å². The van der Waals surface area contributed by atoms with Crippen molar-refractivity contribution >= 4 is 28.3 Å². The van der Waals surface area contributed by atoms with E-state index in [0.29, 0.717) is 60.2 Å². The summed E-state index contributed by atoms with van der Waals surface area (Å²) in [6.07, 6.45) is 6.76. The molecule has 218 valence electrons. The van der Waals surface area contributed by atoms with E-state index in [-0.39, 0.29) is 42.0 Å². The van der Waals surface area contributed by atoms with Gasteiger partial charge in [-0.15, -0.1) is 5.10 Å². The Morgan fingerprint density at radius 1 is 1.19 bits per heavy atom. The molecule has 0 bridgehead atoms. The molecule has 1 fully saturated rings. The lowest BCUT2D eigenvalue weighted by atomic mass is 9.88. The highest BCUT2D eigenvalue weighted by Gasteiger charge is 2.34. The maximum absolute atomic E-state index is 16.4. The smallest absolute Gasteiger partial charge is 0.270 e. The Morgan fingerprint density at radius 3 is 2.74 bits per heavy atom. The van der Waals surface area contributed by atoms with Crippen LogP contribution < -0.4 is 4.74 Å². The van der Waals surface area contributed by atoms with Crippen LogP contribution in [0, 0.1) is 5.82 Å². The van der Waals surface area contributed by atoms with E-state index in [9.17, 15) is 14.7 Å². The Hall–Kier alpha value is -4.51. The lowest BCUT2D eigenvalue weighted by Crippen LogP contribution is -2.47. The summed E-state index contributed by atoms with van der Waals surface area (Å²) >= 11 is 0. The molecular weight excluding hydrogens is 539 g/mol. The van der Waals surface area contributed by atoms with Gasteiger partial charge in [-0.3, -0.25) is 14.3 Å². The SMILES string of the molecule is COc1ccccc1-c1cc(C2=CCCN(C(=O)CCn3ccnn3)C2)c(F)c2[nH]c(C(=O)N(C)C3CC(O)C3)cc12. The summed E-state index contributed by atoms with van der Waals surface area (Å²) in [5.41, 5.74) is 3.03. The van der Waals surface area contributed by atoms with Gasteiger partial charge < -0.3 is 24.6 Å². The number of rotatable bonds is 8. The molecule has 2 aromatic carbocycles. The lowest BCUT2D eigenvalue weighted by Gasteiger charge is -2.38. The number of methoxy groups -OCH3 is 1. The standard InChI is InChI=1S/C31H33FN6O4/c1-36(20-14-21(39)15-20)31(41)26-17-25-24(22-7-3-4-8-27(22)42-2)16-23(29(32)30(25)34-26)19-6-5-11-37(18-19)28(40)9-12-38-13-10-33-35-38/h3-4,6-8,10,13,16-17,20-21,34,39H,5,9,11-12,14-15,18H2,1-2H3. The molecule has 0 spiro atoms. The van der Waals surface area contributed by atoms with E-state index in [1.54, 1.807) is 53.2 Å². The van der Waals surface area contributed by atoms with Gasteiger partial charge in [-0.25, -0.2) is 4.39 Å². The van der Waals surface area contributed by atoms with E-state index in [2.05, 4.69) is 15.3 Å². The van der Waals surface area contributed by atoms with Crippen LogP contribution in [0.4, 0.5) is 4.39 Å². The van der Waals surface area contributed by atoms with Crippen molar-refractivity contribution < 1.29 is 23.8 Å². The van der Waals surface area contributed by atoms with Crippen molar-refractivity contribution in [1.29, 1.82) is 0 Å². The summed E-state index contributed by atoms with van der Waals surface area (Å²) in [5, 5.41) is 18.0. The number of aliphatic hydroxyl groups is 1. The van der Waals surface area contributed by atoms with Crippen LogP contribution in [0.5, 0.6) is 5.75 Å². The fourth-order valence-corrected chi connectivity index (χ4v) is 5.80. The number of aromatic nitrogens is 4. The van der Waals surface area contributed by atoms with Crippen molar-refractivity contribution in [3.63, 3.8) is 0 Å². The maximum Gasteiger partial charge on any atom is 0.270 e. The number of aryl methyl sites for hydroxylation is 1. The van der Waals surface area contributed by atoms with Crippen LogP contribution in [0.2, 0.25) is 0 Å². The highest BCUT2D eigenvalue weighted by atomic mass is 19.1. The third kappa shape index (κ3) is 5.16. The minimum absolute atomic E-state index is 0.0422. The molecule has 6 rings (SSSR count). The highest BCUT2D eigenvalue weighted by Crippen LogP contribution is 2.40. The first kappa shape index (κ1) is 27.6. The molecule has 3 heterocycles. The zero-order valence-corrected chi connectivity index (χ0v) is 23.6. The molecule has 0 unspecified atom stereocenters. The van der Waals surface area contributed by atoms with E-state index in [0.717, 1.165) is 5.56 Å². The summed E-state index contributed by atoms with van der Waals surface area (Å²) in [6.45, 7) is 1.23. The first-order valence-electron chi connectivity index (χ1n) is 14.1. The van der Waals surface area contributed by atoms with Gasteiger partial charge in [0.1, 0.15) is 11.4 Å². The number of benzene rings is 2. The highest BCUT2D eigenvalue weighted by molar-refractivity contribution is 6.05. The van der Waals surface area contributed by atoms with Crippen molar-refractivity contribution in [3.05, 3.63) is 71.9 Å². The van der Waals surface area contributed by atoms with Gasteiger partial charge in [0.2, 0.25) is 5.91 Å². The molecule has 42 heavy (non-hydrogen) atoms. The second kappa shape index (κ2) is 11.4. The Labute approximate surface area is 242 Å². The summed E-state index contributed by atoms with van der Waals surface area (Å²) in [4.78, 5) is 32.8. The number of carbonyl (C=O) groups excluding carboxylic acids is 2. The molecule has 0 radical (unpaired) electrons. The van der Waals surface area contributed by atoms with Crippen LogP contribution in [0.3, 0.4) is 0 Å². The maximum atomic E-state index is 16.4. The number of amides is 2. The first-order chi connectivity index (χ1) is 20.3. The monoisotopic (exact) mass is 572 g/mol. The van der Waals surface area contributed by atoms with Crippen LogP contribution in [0.15, 0.2) is 54.9 Å². The Morgan fingerprint density at radius 2 is 2.00 bits per heavy atom. The van der Waals surface area contributed by atoms with Gasteiger partial charge in [0.25, 0.3) is 5.91 Å². The van der Waals surface area contributed by atoms with Gasteiger partial charge in [0, 0.05) is 55.3 Å². The molecule has 4 aromatic rings. The van der Waals surface area contributed by atoms with E-state index in [1.807, 2.05) is 30.3 Å². The quantitative estimate of drug-likeness (QED) is 0.331. The third-order valence-electron chi connectivity index (χ3n) is 8.31. The number of halogens is 1. The number of para-hydroxylation sites is 1. The van der Waals surface area contributed by atoms with E-state index < -0.39 is 11.9 Å². The predicted octanol–water partition coefficient (Wildman–Crippen LogP) is 3.88. The zero-order valence-electron chi connectivity index (χ0n) is 23.6. The van der Waals surface area contributed by atoms with Crippen molar-refractivity contribution in [2.45, 2.75) is 44.4 Å². The molecule has 0 atom stereocenters. The molecule has 2 aromatic heterocycles. The molecule has 1 aliphatic carbocycles. The lowest BCUT2D eigenvalue weighted by molar-refractivity contribution is -0.131. The van der Waals surface area contributed by atoms with Crippen LogP contribution in [0.25, 0.3) is 27.6 Å². The molecule has 11 heteroatoms. The summed E-state index contributed by atoms with van der Waals surface area (Å²) < 4.78 is 23.6.